The minimum Gasteiger partial charge on any atom is -0.486 e. The number of nitrogens with zero attached hydrogens (tertiary/aromatic N) is 5. The molecule has 1 aliphatic rings. The van der Waals surface area contributed by atoms with Crippen molar-refractivity contribution in [2.24, 2.45) is 13.0 Å². The normalized spacial score (nSPS) is 18.9. The topological polar surface area (TPSA) is 127 Å². The van der Waals surface area contributed by atoms with Gasteiger partial charge in [-0.1, -0.05) is 0 Å². The zero-order valence-electron chi connectivity index (χ0n) is 18.0. The van der Waals surface area contributed by atoms with Gasteiger partial charge >= 0.3 is 5.69 Å². The third-order valence-electron chi connectivity index (χ3n) is 6.31. The summed E-state index contributed by atoms with van der Waals surface area (Å²) in [5, 5.41) is 22.4. The second kappa shape index (κ2) is 8.62. The first kappa shape index (κ1) is 20.5. The molecule has 32 heavy (non-hydrogen) atoms. The van der Waals surface area contributed by atoms with Gasteiger partial charge < -0.3 is 14.3 Å². The fourth-order valence-electron chi connectivity index (χ4n) is 4.56. The quantitative estimate of drug-likeness (QED) is 0.440. The Kier molecular flexibility index (Phi) is 5.52. The number of aromatic nitrogens is 6. The third-order valence-corrected chi connectivity index (χ3v) is 6.31. The summed E-state index contributed by atoms with van der Waals surface area (Å²) in [6.07, 6.45) is 7.29. The number of ether oxygens (including phenoxy) is 1. The standard InChI is InChI=1S/C22H26N6O4/c1-27-18-7-6-17(31-9-8-29)10-19(18)28(22(27)30)13-14-2-4-15(5-3-14)20-25-26-21(32-20)16-11-23-24-12-16/h6-7,10-12,14-15,29H,2-5,8-9,13H2,1H3,(H,23,24)/p+1. The molecule has 10 heteroatoms. The van der Waals surface area contributed by atoms with Gasteiger partial charge in [0, 0.05) is 31.8 Å². The number of aromatic amines is 1. The number of fused-ring (bicyclic) bond motifs is 1. The van der Waals surface area contributed by atoms with E-state index in [0.29, 0.717) is 36.6 Å². The highest BCUT2D eigenvalue weighted by Gasteiger charge is 2.28. The van der Waals surface area contributed by atoms with Crippen LogP contribution in [0.1, 0.15) is 37.5 Å². The Morgan fingerprint density at radius 3 is 2.81 bits per heavy atom. The zero-order valence-corrected chi connectivity index (χ0v) is 18.0. The van der Waals surface area contributed by atoms with Crippen LogP contribution in [0.15, 0.2) is 39.8 Å². The fraction of sp³-hybridized carbons (Fsp3) is 0.455. The van der Waals surface area contributed by atoms with E-state index in [4.69, 9.17) is 14.3 Å². The molecule has 3 aromatic heterocycles. The Balaban J connectivity index is 1.29. The molecule has 0 atom stereocenters. The number of hydrogen-bond donors (Lipinski definition) is 1. The van der Waals surface area contributed by atoms with E-state index in [2.05, 4.69) is 20.4 Å². The van der Waals surface area contributed by atoms with Crippen LogP contribution in [0, 0.1) is 5.92 Å². The van der Waals surface area contributed by atoms with Crippen LogP contribution in [-0.4, -0.2) is 47.8 Å². The molecule has 3 N–H and O–H groups in total. The summed E-state index contributed by atoms with van der Waals surface area (Å²) in [4.78, 5) is 12.9. The van der Waals surface area contributed by atoms with Crippen LogP contribution in [-0.2, 0) is 13.6 Å². The van der Waals surface area contributed by atoms with E-state index in [-0.39, 0.29) is 18.2 Å². The summed E-state index contributed by atoms with van der Waals surface area (Å²) < 4.78 is 15.0. The van der Waals surface area contributed by atoms with E-state index in [1.807, 2.05) is 22.8 Å². The monoisotopic (exact) mass is 439 g/mol. The lowest BCUT2D eigenvalue weighted by Crippen LogP contribution is -2.27. The summed E-state index contributed by atoms with van der Waals surface area (Å²) in [6.45, 7) is 1.21. The van der Waals surface area contributed by atoms with Gasteiger partial charge in [-0.2, -0.15) is 5.10 Å². The predicted octanol–water partition coefficient (Wildman–Crippen LogP) is 2.19. The van der Waals surface area contributed by atoms with Crippen molar-refractivity contribution >= 4 is 11.0 Å². The van der Waals surface area contributed by atoms with Crippen LogP contribution < -0.4 is 10.4 Å². The van der Waals surface area contributed by atoms with Crippen molar-refractivity contribution in [3.63, 3.8) is 0 Å². The number of aryl methyl sites for hydroxylation is 1. The van der Waals surface area contributed by atoms with Crippen LogP contribution in [0.2, 0.25) is 0 Å². The lowest BCUT2D eigenvalue weighted by Gasteiger charge is -2.26. The van der Waals surface area contributed by atoms with Gasteiger partial charge in [-0.15, -0.1) is 10.2 Å². The van der Waals surface area contributed by atoms with Gasteiger partial charge in [-0.05, 0) is 43.7 Å². The Morgan fingerprint density at radius 1 is 1.22 bits per heavy atom. The predicted molar refractivity (Wildman–Crippen MR) is 118 cm³/mol. The molecule has 1 fully saturated rings. The summed E-state index contributed by atoms with van der Waals surface area (Å²) in [5.74, 6) is 2.51. The van der Waals surface area contributed by atoms with Crippen molar-refractivity contribution in [1.29, 1.82) is 0 Å². The molecule has 1 saturated carbocycles. The second-order valence-electron chi connectivity index (χ2n) is 8.35. The second-order valence-corrected chi connectivity index (χ2v) is 8.35. The Morgan fingerprint density at radius 2 is 2.06 bits per heavy atom. The molecule has 0 saturated heterocycles. The SMILES string of the molecule is Cn1c(=O)n(CC2CCC(c3nnc(-c4cn[nH]c4)o3)CC2)c2cc(OCC[OH2+])ccc21. The van der Waals surface area contributed by atoms with E-state index in [1.54, 1.807) is 24.0 Å². The number of rotatable bonds is 7. The maximum atomic E-state index is 12.9. The molecule has 10 nitrogen and oxygen atoms in total. The number of hydrogen-bond acceptors (Lipinski definition) is 6. The first-order valence-corrected chi connectivity index (χ1v) is 10.9. The van der Waals surface area contributed by atoms with Gasteiger partial charge in [-0.3, -0.25) is 14.2 Å². The van der Waals surface area contributed by atoms with Crippen LogP contribution >= 0.6 is 0 Å². The summed E-state index contributed by atoms with van der Waals surface area (Å²) in [5.41, 5.74) is 2.54. The van der Waals surface area contributed by atoms with Crippen molar-refractivity contribution in [1.82, 2.24) is 29.5 Å². The summed E-state index contributed by atoms with van der Waals surface area (Å²) in [7, 11) is 1.80. The first-order chi connectivity index (χ1) is 15.6. The lowest BCUT2D eigenvalue weighted by atomic mass is 9.82. The maximum Gasteiger partial charge on any atom is 0.328 e. The van der Waals surface area contributed by atoms with Crippen molar-refractivity contribution in [3.05, 3.63) is 47.0 Å². The van der Waals surface area contributed by atoms with Crippen molar-refractivity contribution in [2.75, 3.05) is 13.2 Å². The van der Waals surface area contributed by atoms with E-state index < -0.39 is 0 Å². The van der Waals surface area contributed by atoms with Crippen LogP contribution in [0.25, 0.3) is 22.5 Å². The average molecular weight is 439 g/mol. The molecule has 1 aliphatic carbocycles. The van der Waals surface area contributed by atoms with Gasteiger partial charge in [0.05, 0.1) is 22.8 Å². The Hall–Kier alpha value is -3.40. The smallest absolute Gasteiger partial charge is 0.328 e. The molecular formula is C22H27N6O4+. The minimum absolute atomic E-state index is 0.0126. The molecule has 0 radical (unpaired) electrons. The van der Waals surface area contributed by atoms with Crippen LogP contribution in [0.5, 0.6) is 5.75 Å². The van der Waals surface area contributed by atoms with Crippen molar-refractivity contribution < 1.29 is 14.3 Å². The molecular weight excluding hydrogens is 412 g/mol. The molecule has 0 bridgehead atoms. The number of imidazole rings is 1. The Labute approximate surface area is 183 Å². The maximum absolute atomic E-state index is 12.9. The highest BCUT2D eigenvalue weighted by molar-refractivity contribution is 5.77. The minimum atomic E-state index is -0.0126. The molecule has 4 aromatic rings. The molecule has 168 valence electrons. The average Bonchev–Trinajstić information content (AvgIpc) is 3.56. The molecule has 0 amide bonds. The van der Waals surface area contributed by atoms with E-state index in [9.17, 15) is 4.79 Å². The van der Waals surface area contributed by atoms with Crippen LogP contribution in [0.3, 0.4) is 0 Å². The molecule has 0 unspecified atom stereocenters. The summed E-state index contributed by atoms with van der Waals surface area (Å²) in [6, 6.07) is 5.68. The summed E-state index contributed by atoms with van der Waals surface area (Å²) >= 11 is 0. The highest BCUT2D eigenvalue weighted by Crippen LogP contribution is 2.37. The zero-order chi connectivity index (χ0) is 22.1. The van der Waals surface area contributed by atoms with E-state index in [1.165, 1.54) is 0 Å². The molecule has 0 spiro atoms. The van der Waals surface area contributed by atoms with Crippen LogP contribution in [0.4, 0.5) is 0 Å². The molecule has 0 aliphatic heterocycles. The van der Waals surface area contributed by atoms with E-state index >= 15 is 0 Å². The van der Waals surface area contributed by atoms with Gasteiger partial charge in [0.1, 0.15) is 5.75 Å². The Bertz CT molecular complexity index is 1250. The molecule has 1 aromatic carbocycles. The molecule has 5 rings (SSSR count). The number of nitrogens with one attached hydrogen (secondary N) is 1. The van der Waals surface area contributed by atoms with Gasteiger partial charge in [0.15, 0.2) is 13.2 Å². The lowest BCUT2D eigenvalue weighted by molar-refractivity contribution is 0.201. The first-order valence-electron chi connectivity index (χ1n) is 10.9. The van der Waals surface area contributed by atoms with Crippen molar-refractivity contribution in [3.8, 4) is 17.2 Å². The van der Waals surface area contributed by atoms with Gasteiger partial charge in [0.2, 0.25) is 5.89 Å². The van der Waals surface area contributed by atoms with Gasteiger partial charge in [0.25, 0.3) is 5.89 Å². The van der Waals surface area contributed by atoms with Gasteiger partial charge in [-0.25, -0.2) is 4.79 Å². The van der Waals surface area contributed by atoms with Crippen molar-refractivity contribution in [2.45, 2.75) is 38.1 Å². The number of benzene rings is 1. The van der Waals surface area contributed by atoms with E-state index in [0.717, 1.165) is 42.3 Å². The molecule has 3 heterocycles. The largest absolute Gasteiger partial charge is 0.486 e. The third kappa shape index (κ3) is 3.81. The highest BCUT2D eigenvalue weighted by atomic mass is 16.5. The fourth-order valence-corrected chi connectivity index (χ4v) is 4.56. The number of H-pyrrole nitrogens is 1.